The molecule has 2 rings (SSSR count). The average molecular weight is 264 g/mol. The van der Waals surface area contributed by atoms with Crippen molar-refractivity contribution >= 4 is 5.91 Å². The molecule has 19 heavy (non-hydrogen) atoms. The Morgan fingerprint density at radius 1 is 1.47 bits per heavy atom. The number of amides is 1. The number of hydrogen-bond donors (Lipinski definition) is 2. The van der Waals surface area contributed by atoms with E-state index in [1.807, 2.05) is 13.2 Å². The number of hydrogen-bond acceptors (Lipinski definition) is 3. The van der Waals surface area contributed by atoms with Crippen LogP contribution < -0.4 is 10.6 Å². The Labute approximate surface area is 114 Å². The summed E-state index contributed by atoms with van der Waals surface area (Å²) in [5.74, 6) is 0.0674. The highest BCUT2D eigenvalue weighted by Crippen LogP contribution is 2.17. The molecule has 1 aliphatic carbocycles. The van der Waals surface area contributed by atoms with Crippen LogP contribution in [0.4, 0.5) is 0 Å². The lowest BCUT2D eigenvalue weighted by molar-refractivity contribution is -0.120. The van der Waals surface area contributed by atoms with Gasteiger partial charge >= 0.3 is 0 Å². The minimum Gasteiger partial charge on any atom is -0.351 e. The zero-order valence-electron chi connectivity index (χ0n) is 11.9. The molecule has 106 valence electrons. The lowest BCUT2D eigenvalue weighted by Gasteiger charge is -2.11. The average Bonchev–Trinajstić information content (AvgIpc) is 3.02. The van der Waals surface area contributed by atoms with Crippen molar-refractivity contribution < 1.29 is 4.79 Å². The van der Waals surface area contributed by atoms with Crippen LogP contribution in [0.2, 0.25) is 0 Å². The third kappa shape index (κ3) is 4.06. The second-order valence-electron chi connectivity index (χ2n) is 5.27. The van der Waals surface area contributed by atoms with Gasteiger partial charge in [-0.05, 0) is 19.3 Å². The molecule has 5 nitrogen and oxygen atoms in total. The van der Waals surface area contributed by atoms with Gasteiger partial charge < -0.3 is 10.6 Å². The van der Waals surface area contributed by atoms with Crippen molar-refractivity contribution in [3.63, 3.8) is 0 Å². The van der Waals surface area contributed by atoms with Crippen LogP contribution in [0.25, 0.3) is 0 Å². The molecule has 0 bridgehead atoms. The van der Waals surface area contributed by atoms with Crippen LogP contribution in [0, 0.1) is 0 Å². The van der Waals surface area contributed by atoms with Gasteiger partial charge in [-0.1, -0.05) is 19.8 Å². The van der Waals surface area contributed by atoms with Gasteiger partial charge in [0.25, 0.3) is 0 Å². The van der Waals surface area contributed by atoms with E-state index in [-0.39, 0.29) is 5.91 Å². The fourth-order valence-corrected chi connectivity index (χ4v) is 2.65. The SMILES string of the molecule is CCc1nn(C)cc1CNC(=O)CNC1CCCC1. The first kappa shape index (κ1) is 14.1. The molecule has 0 saturated heterocycles. The molecular weight excluding hydrogens is 240 g/mol. The smallest absolute Gasteiger partial charge is 0.234 e. The topological polar surface area (TPSA) is 59.0 Å². The largest absolute Gasteiger partial charge is 0.351 e. The van der Waals surface area contributed by atoms with Crippen LogP contribution in [0.3, 0.4) is 0 Å². The normalized spacial score (nSPS) is 15.9. The summed E-state index contributed by atoms with van der Waals surface area (Å²) in [6.45, 7) is 3.07. The van der Waals surface area contributed by atoms with Crippen LogP contribution in [0.15, 0.2) is 6.20 Å². The highest BCUT2D eigenvalue weighted by atomic mass is 16.1. The number of carbonyl (C=O) groups is 1. The molecule has 1 aromatic heterocycles. The van der Waals surface area contributed by atoms with Gasteiger partial charge in [0.15, 0.2) is 0 Å². The van der Waals surface area contributed by atoms with Crippen molar-refractivity contribution in [2.24, 2.45) is 7.05 Å². The maximum Gasteiger partial charge on any atom is 0.234 e. The van der Waals surface area contributed by atoms with Crippen molar-refractivity contribution in [2.75, 3.05) is 6.54 Å². The molecule has 0 aliphatic heterocycles. The number of aryl methyl sites for hydroxylation is 2. The second kappa shape index (κ2) is 6.70. The summed E-state index contributed by atoms with van der Waals surface area (Å²) in [5.41, 5.74) is 2.17. The molecule has 1 aromatic rings. The van der Waals surface area contributed by atoms with E-state index < -0.39 is 0 Å². The van der Waals surface area contributed by atoms with Crippen LogP contribution in [0.1, 0.15) is 43.9 Å². The predicted molar refractivity (Wildman–Crippen MR) is 74.7 cm³/mol. The van der Waals surface area contributed by atoms with Gasteiger partial charge in [0.2, 0.25) is 5.91 Å². The monoisotopic (exact) mass is 264 g/mol. The molecule has 0 spiro atoms. The van der Waals surface area contributed by atoms with E-state index >= 15 is 0 Å². The zero-order chi connectivity index (χ0) is 13.7. The quantitative estimate of drug-likeness (QED) is 0.810. The molecule has 1 aliphatic rings. The molecule has 1 fully saturated rings. The molecule has 1 saturated carbocycles. The van der Waals surface area contributed by atoms with Gasteiger partial charge in [0, 0.05) is 31.4 Å². The van der Waals surface area contributed by atoms with E-state index in [4.69, 9.17) is 0 Å². The molecule has 0 atom stereocenters. The Kier molecular flexibility index (Phi) is 4.96. The molecular formula is C14H24N4O. The van der Waals surface area contributed by atoms with Crippen LogP contribution in [0.5, 0.6) is 0 Å². The van der Waals surface area contributed by atoms with E-state index in [1.165, 1.54) is 25.7 Å². The van der Waals surface area contributed by atoms with E-state index in [9.17, 15) is 4.79 Å². The number of aromatic nitrogens is 2. The maximum absolute atomic E-state index is 11.8. The molecule has 2 N–H and O–H groups in total. The van der Waals surface area contributed by atoms with Gasteiger partial charge in [-0.3, -0.25) is 9.48 Å². The summed E-state index contributed by atoms with van der Waals surface area (Å²) >= 11 is 0. The summed E-state index contributed by atoms with van der Waals surface area (Å²) in [5, 5.41) is 10.6. The molecule has 1 amide bonds. The highest BCUT2D eigenvalue weighted by molar-refractivity contribution is 5.78. The Morgan fingerprint density at radius 3 is 2.89 bits per heavy atom. The lowest BCUT2D eigenvalue weighted by atomic mass is 10.2. The standard InChI is InChI=1S/C14H24N4O/c1-3-13-11(10-18(2)17-13)8-16-14(19)9-15-12-6-4-5-7-12/h10,12,15H,3-9H2,1-2H3,(H,16,19). The van der Waals surface area contributed by atoms with Crippen molar-refractivity contribution in [1.29, 1.82) is 0 Å². The Balaban J connectivity index is 1.73. The molecule has 0 aromatic carbocycles. The van der Waals surface area contributed by atoms with Gasteiger partial charge in [-0.25, -0.2) is 0 Å². The van der Waals surface area contributed by atoms with Gasteiger partial charge in [0.1, 0.15) is 0 Å². The van der Waals surface area contributed by atoms with Crippen LogP contribution in [-0.2, 0) is 24.8 Å². The molecule has 5 heteroatoms. The second-order valence-corrected chi connectivity index (χ2v) is 5.27. The fourth-order valence-electron chi connectivity index (χ4n) is 2.65. The zero-order valence-corrected chi connectivity index (χ0v) is 11.9. The van der Waals surface area contributed by atoms with Gasteiger partial charge in [-0.15, -0.1) is 0 Å². The highest BCUT2D eigenvalue weighted by Gasteiger charge is 2.15. The number of nitrogens with zero attached hydrogens (tertiary/aromatic N) is 2. The molecule has 0 radical (unpaired) electrons. The first-order valence-corrected chi connectivity index (χ1v) is 7.20. The minimum atomic E-state index is 0.0674. The van der Waals surface area contributed by atoms with Gasteiger partial charge in [0.05, 0.1) is 12.2 Å². The first-order chi connectivity index (χ1) is 9.19. The van der Waals surface area contributed by atoms with Crippen LogP contribution in [-0.4, -0.2) is 28.3 Å². The minimum absolute atomic E-state index is 0.0674. The summed E-state index contributed by atoms with van der Waals surface area (Å²) in [7, 11) is 1.91. The van der Waals surface area contributed by atoms with E-state index in [0.29, 0.717) is 19.1 Å². The van der Waals surface area contributed by atoms with E-state index in [2.05, 4.69) is 22.7 Å². The summed E-state index contributed by atoms with van der Waals surface area (Å²) in [6, 6.07) is 0.537. The number of carbonyl (C=O) groups excluding carboxylic acids is 1. The Hall–Kier alpha value is -1.36. The lowest BCUT2D eigenvalue weighted by Crippen LogP contribution is -2.37. The summed E-state index contributed by atoms with van der Waals surface area (Å²) < 4.78 is 1.80. The maximum atomic E-state index is 11.8. The molecule has 1 heterocycles. The van der Waals surface area contributed by atoms with E-state index in [1.54, 1.807) is 4.68 Å². The van der Waals surface area contributed by atoms with Gasteiger partial charge in [-0.2, -0.15) is 5.10 Å². The van der Waals surface area contributed by atoms with Crippen molar-refractivity contribution in [1.82, 2.24) is 20.4 Å². The van der Waals surface area contributed by atoms with Crippen molar-refractivity contribution in [2.45, 2.75) is 51.6 Å². The van der Waals surface area contributed by atoms with Crippen molar-refractivity contribution in [3.05, 3.63) is 17.5 Å². The van der Waals surface area contributed by atoms with E-state index in [0.717, 1.165) is 17.7 Å². The number of nitrogens with one attached hydrogen (secondary N) is 2. The fraction of sp³-hybridized carbons (Fsp3) is 0.714. The molecule has 0 unspecified atom stereocenters. The Morgan fingerprint density at radius 2 is 2.21 bits per heavy atom. The Bertz CT molecular complexity index is 421. The summed E-state index contributed by atoms with van der Waals surface area (Å²) in [6.07, 6.45) is 7.85. The predicted octanol–water partition coefficient (Wildman–Crippen LogP) is 1.13. The summed E-state index contributed by atoms with van der Waals surface area (Å²) in [4.78, 5) is 11.8. The first-order valence-electron chi connectivity index (χ1n) is 7.20. The van der Waals surface area contributed by atoms with Crippen LogP contribution >= 0.6 is 0 Å². The third-order valence-electron chi connectivity index (χ3n) is 3.71. The van der Waals surface area contributed by atoms with Crippen molar-refractivity contribution in [3.8, 4) is 0 Å². The third-order valence-corrected chi connectivity index (χ3v) is 3.71. The number of rotatable bonds is 6.